The molecule has 2 unspecified atom stereocenters. The summed E-state index contributed by atoms with van der Waals surface area (Å²) < 4.78 is 0. The smallest absolute Gasteiger partial charge is 0.0417 e. The Balaban J connectivity index is 2.44. The maximum absolute atomic E-state index is 6.02. The van der Waals surface area contributed by atoms with E-state index in [1.807, 2.05) is 30.0 Å². The molecule has 1 nitrogen and oxygen atoms in total. The number of nitrogens with one attached hydrogen (secondary N) is 1. The molecule has 3 heteroatoms. The normalized spacial score (nSPS) is 14.3. The Labute approximate surface area is 127 Å². The second-order valence-corrected chi connectivity index (χ2v) is 6.68. The number of hydrogen-bond donors (Lipinski definition) is 1. The summed E-state index contributed by atoms with van der Waals surface area (Å²) in [4.78, 5) is 1.26. The van der Waals surface area contributed by atoms with E-state index in [9.17, 15) is 0 Å². The summed E-state index contributed by atoms with van der Waals surface area (Å²) >= 11 is 7.91. The molecule has 0 saturated carbocycles. The van der Waals surface area contributed by atoms with Gasteiger partial charge in [-0.05, 0) is 37.1 Å². The van der Waals surface area contributed by atoms with Gasteiger partial charge >= 0.3 is 0 Å². The van der Waals surface area contributed by atoms with Gasteiger partial charge in [0.05, 0.1) is 0 Å². The van der Waals surface area contributed by atoms with Crippen LogP contribution in [0.1, 0.15) is 40.0 Å². The lowest BCUT2D eigenvalue weighted by Crippen LogP contribution is -2.32. The minimum Gasteiger partial charge on any atom is -0.313 e. The van der Waals surface area contributed by atoms with E-state index >= 15 is 0 Å². The molecule has 0 aliphatic heterocycles. The molecule has 0 aliphatic rings. The van der Waals surface area contributed by atoms with Gasteiger partial charge in [-0.3, -0.25) is 0 Å². The van der Waals surface area contributed by atoms with Crippen molar-refractivity contribution < 1.29 is 0 Å². The maximum Gasteiger partial charge on any atom is 0.0417 e. The van der Waals surface area contributed by atoms with Crippen LogP contribution in [0.25, 0.3) is 0 Å². The van der Waals surface area contributed by atoms with Crippen molar-refractivity contribution in [2.75, 3.05) is 12.3 Å². The van der Waals surface area contributed by atoms with E-state index in [0.29, 0.717) is 6.04 Å². The molecule has 0 aliphatic carbocycles. The Morgan fingerprint density at radius 1 is 1.32 bits per heavy atom. The van der Waals surface area contributed by atoms with Gasteiger partial charge in [-0.15, -0.1) is 11.8 Å². The largest absolute Gasteiger partial charge is 0.313 e. The highest BCUT2D eigenvalue weighted by Crippen LogP contribution is 2.24. The summed E-state index contributed by atoms with van der Waals surface area (Å²) in [5, 5.41) is 4.43. The second kappa shape index (κ2) is 9.68. The van der Waals surface area contributed by atoms with Crippen molar-refractivity contribution in [3.05, 3.63) is 29.3 Å². The monoisotopic (exact) mass is 299 g/mol. The second-order valence-electron chi connectivity index (χ2n) is 5.15. The Morgan fingerprint density at radius 2 is 2.11 bits per heavy atom. The van der Waals surface area contributed by atoms with Gasteiger partial charge in [0.2, 0.25) is 0 Å². The molecule has 19 heavy (non-hydrogen) atoms. The molecule has 1 aromatic carbocycles. The fourth-order valence-corrected chi connectivity index (χ4v) is 3.64. The van der Waals surface area contributed by atoms with Crippen LogP contribution in [-0.4, -0.2) is 18.3 Å². The fourth-order valence-electron chi connectivity index (χ4n) is 2.35. The minimum absolute atomic E-state index is 0.593. The molecule has 1 N–H and O–H groups in total. The summed E-state index contributed by atoms with van der Waals surface area (Å²) in [6.45, 7) is 7.85. The molecule has 1 rings (SSSR count). The third kappa shape index (κ3) is 7.24. The lowest BCUT2D eigenvalue weighted by atomic mass is 9.98. The highest BCUT2D eigenvalue weighted by atomic mass is 35.5. The van der Waals surface area contributed by atoms with Crippen molar-refractivity contribution in [2.45, 2.75) is 51.0 Å². The maximum atomic E-state index is 6.02. The van der Waals surface area contributed by atoms with Gasteiger partial charge in [-0.1, -0.05) is 51.3 Å². The van der Waals surface area contributed by atoms with Crippen LogP contribution in [0.2, 0.25) is 5.02 Å². The van der Waals surface area contributed by atoms with Gasteiger partial charge in [-0.2, -0.15) is 0 Å². The predicted molar refractivity (Wildman–Crippen MR) is 88.3 cm³/mol. The molecule has 0 bridgehead atoms. The Hall–Kier alpha value is -0.180. The van der Waals surface area contributed by atoms with Gasteiger partial charge in [0.15, 0.2) is 0 Å². The van der Waals surface area contributed by atoms with Crippen molar-refractivity contribution >= 4 is 23.4 Å². The molecule has 2 atom stereocenters. The molecule has 0 amide bonds. The molecular weight excluding hydrogens is 274 g/mol. The predicted octanol–water partition coefficient (Wildman–Crippen LogP) is 5.24. The number of halogens is 1. The van der Waals surface area contributed by atoms with Crippen LogP contribution in [0.4, 0.5) is 0 Å². The van der Waals surface area contributed by atoms with E-state index in [1.54, 1.807) is 0 Å². The van der Waals surface area contributed by atoms with Gasteiger partial charge in [-0.25, -0.2) is 0 Å². The highest BCUT2D eigenvalue weighted by Gasteiger charge is 2.12. The lowest BCUT2D eigenvalue weighted by molar-refractivity contribution is 0.409. The number of hydrogen-bond acceptors (Lipinski definition) is 2. The molecule has 0 heterocycles. The molecule has 0 radical (unpaired) electrons. The van der Waals surface area contributed by atoms with E-state index in [2.05, 4.69) is 32.2 Å². The third-order valence-electron chi connectivity index (χ3n) is 3.21. The van der Waals surface area contributed by atoms with E-state index in [-0.39, 0.29) is 0 Å². The summed E-state index contributed by atoms with van der Waals surface area (Å²) in [6, 6.07) is 8.72. The first-order chi connectivity index (χ1) is 9.15. The van der Waals surface area contributed by atoms with Crippen molar-refractivity contribution in [3.8, 4) is 0 Å². The summed E-state index contributed by atoms with van der Waals surface area (Å²) in [6.07, 6.45) is 3.86. The average Bonchev–Trinajstić information content (AvgIpc) is 2.36. The van der Waals surface area contributed by atoms with E-state index in [4.69, 9.17) is 11.6 Å². The topological polar surface area (TPSA) is 12.0 Å². The first-order valence-electron chi connectivity index (χ1n) is 7.27. The van der Waals surface area contributed by atoms with Crippen LogP contribution in [0.5, 0.6) is 0 Å². The van der Waals surface area contributed by atoms with Gasteiger partial charge in [0.25, 0.3) is 0 Å². The quantitative estimate of drug-likeness (QED) is 0.626. The van der Waals surface area contributed by atoms with E-state index in [0.717, 1.165) is 23.2 Å². The molecule has 1 aromatic rings. The lowest BCUT2D eigenvalue weighted by Gasteiger charge is -2.21. The van der Waals surface area contributed by atoms with Crippen LogP contribution in [-0.2, 0) is 0 Å². The number of benzene rings is 1. The zero-order valence-corrected chi connectivity index (χ0v) is 13.9. The van der Waals surface area contributed by atoms with Gasteiger partial charge in [0, 0.05) is 21.7 Å². The van der Waals surface area contributed by atoms with Crippen LogP contribution < -0.4 is 5.32 Å². The summed E-state index contributed by atoms with van der Waals surface area (Å²) in [5.41, 5.74) is 0. The SMILES string of the molecule is CCCC(C)CC(CSc1cccc(Cl)c1)NCC. The van der Waals surface area contributed by atoms with E-state index in [1.165, 1.54) is 24.2 Å². The number of rotatable bonds is 9. The van der Waals surface area contributed by atoms with Crippen molar-refractivity contribution in [1.82, 2.24) is 5.32 Å². The van der Waals surface area contributed by atoms with Crippen molar-refractivity contribution in [3.63, 3.8) is 0 Å². The highest BCUT2D eigenvalue weighted by molar-refractivity contribution is 7.99. The van der Waals surface area contributed by atoms with Crippen LogP contribution >= 0.6 is 23.4 Å². The Bertz CT molecular complexity index is 356. The zero-order valence-electron chi connectivity index (χ0n) is 12.3. The third-order valence-corrected chi connectivity index (χ3v) is 4.60. The Kier molecular flexibility index (Phi) is 8.60. The first-order valence-corrected chi connectivity index (χ1v) is 8.63. The van der Waals surface area contributed by atoms with Gasteiger partial charge in [0.1, 0.15) is 0 Å². The molecule has 0 fully saturated rings. The summed E-state index contributed by atoms with van der Waals surface area (Å²) in [5.74, 6) is 1.91. The van der Waals surface area contributed by atoms with Crippen LogP contribution in [0.15, 0.2) is 29.2 Å². The average molecular weight is 300 g/mol. The molecule has 0 saturated heterocycles. The molecule has 0 spiro atoms. The van der Waals surface area contributed by atoms with Crippen LogP contribution in [0.3, 0.4) is 0 Å². The summed E-state index contributed by atoms with van der Waals surface area (Å²) in [7, 11) is 0. The van der Waals surface area contributed by atoms with Crippen LogP contribution in [0, 0.1) is 5.92 Å². The number of thioether (sulfide) groups is 1. The van der Waals surface area contributed by atoms with E-state index < -0.39 is 0 Å². The van der Waals surface area contributed by atoms with Crippen molar-refractivity contribution in [2.24, 2.45) is 5.92 Å². The van der Waals surface area contributed by atoms with Gasteiger partial charge < -0.3 is 5.32 Å². The minimum atomic E-state index is 0.593. The molecular formula is C16H26ClNS. The standard InChI is InChI=1S/C16H26ClNS/c1-4-7-13(3)10-15(18-5-2)12-19-16-9-6-8-14(17)11-16/h6,8-9,11,13,15,18H,4-5,7,10,12H2,1-3H3. The molecule has 108 valence electrons. The fraction of sp³-hybridized carbons (Fsp3) is 0.625. The Morgan fingerprint density at radius 3 is 2.74 bits per heavy atom. The zero-order chi connectivity index (χ0) is 14.1. The molecule has 0 aromatic heterocycles. The van der Waals surface area contributed by atoms with Crippen molar-refractivity contribution in [1.29, 1.82) is 0 Å². The first kappa shape index (κ1) is 16.9.